The van der Waals surface area contributed by atoms with Gasteiger partial charge in [-0.15, -0.1) is 0 Å². The van der Waals surface area contributed by atoms with E-state index in [9.17, 15) is 18.0 Å². The van der Waals surface area contributed by atoms with Gasteiger partial charge < -0.3 is 16.0 Å². The number of hydrogen-bond donors (Lipinski definition) is 3. The fourth-order valence-corrected chi connectivity index (χ4v) is 4.69. The Labute approximate surface area is 168 Å². The van der Waals surface area contributed by atoms with Gasteiger partial charge in [0.15, 0.2) is 9.84 Å². The normalized spacial score (nSPS) is 17.7. The maximum Gasteiger partial charge on any atom is 0.319 e. The smallest absolute Gasteiger partial charge is 0.319 e. The number of hydrogen-bond acceptors (Lipinski definition) is 4. The number of carbonyl (C=O) groups is 2. The van der Waals surface area contributed by atoms with Crippen molar-refractivity contribution in [3.05, 3.63) is 64.7 Å². The number of urea groups is 1. The maximum absolute atomic E-state index is 12.3. The van der Waals surface area contributed by atoms with Gasteiger partial charge in [-0.1, -0.05) is 29.8 Å². The van der Waals surface area contributed by atoms with E-state index in [-0.39, 0.29) is 17.4 Å². The van der Waals surface area contributed by atoms with Crippen LogP contribution < -0.4 is 16.0 Å². The summed E-state index contributed by atoms with van der Waals surface area (Å²) in [6.45, 7) is 0.351. The largest absolute Gasteiger partial charge is 0.348 e. The number of carbonyl (C=O) groups excluding carboxylic acids is 2. The third-order valence-electron chi connectivity index (χ3n) is 4.32. The Morgan fingerprint density at radius 1 is 1.11 bits per heavy atom. The van der Waals surface area contributed by atoms with E-state index in [2.05, 4.69) is 16.0 Å². The average molecular weight is 422 g/mol. The van der Waals surface area contributed by atoms with Crippen LogP contribution in [0, 0.1) is 0 Å². The van der Waals surface area contributed by atoms with E-state index in [1.165, 1.54) is 0 Å². The highest BCUT2D eigenvalue weighted by Gasteiger charge is 2.28. The molecule has 1 atom stereocenters. The maximum atomic E-state index is 12.3. The molecular formula is C19H20ClN3O4S. The zero-order valence-corrected chi connectivity index (χ0v) is 16.5. The monoisotopic (exact) mass is 421 g/mol. The molecule has 28 heavy (non-hydrogen) atoms. The molecule has 3 rings (SSSR count). The molecule has 2 aromatic carbocycles. The van der Waals surface area contributed by atoms with Crippen LogP contribution in [-0.2, 0) is 16.4 Å². The Kier molecular flexibility index (Phi) is 6.21. The van der Waals surface area contributed by atoms with Crippen molar-refractivity contribution in [1.29, 1.82) is 0 Å². The van der Waals surface area contributed by atoms with Crippen LogP contribution in [0.4, 0.5) is 10.5 Å². The topological polar surface area (TPSA) is 104 Å². The number of halogens is 1. The Bertz CT molecular complexity index is 977. The van der Waals surface area contributed by atoms with E-state index in [0.29, 0.717) is 29.2 Å². The van der Waals surface area contributed by atoms with Gasteiger partial charge >= 0.3 is 6.03 Å². The van der Waals surface area contributed by atoms with Crippen LogP contribution in [0.15, 0.2) is 48.5 Å². The lowest BCUT2D eigenvalue weighted by atomic mass is 10.1. The van der Waals surface area contributed by atoms with Gasteiger partial charge in [0, 0.05) is 28.9 Å². The zero-order chi connectivity index (χ0) is 20.1. The molecule has 0 unspecified atom stereocenters. The highest BCUT2D eigenvalue weighted by molar-refractivity contribution is 7.91. The summed E-state index contributed by atoms with van der Waals surface area (Å²) in [4.78, 5) is 24.4. The lowest BCUT2D eigenvalue weighted by Gasteiger charge is -2.13. The summed E-state index contributed by atoms with van der Waals surface area (Å²) in [6, 6.07) is 12.8. The predicted molar refractivity (Wildman–Crippen MR) is 108 cm³/mol. The Morgan fingerprint density at radius 2 is 1.86 bits per heavy atom. The molecule has 3 N–H and O–H groups in total. The summed E-state index contributed by atoms with van der Waals surface area (Å²) in [5, 5.41) is 8.71. The molecule has 1 aliphatic rings. The van der Waals surface area contributed by atoms with Gasteiger partial charge in [-0.25, -0.2) is 13.2 Å². The van der Waals surface area contributed by atoms with E-state index in [0.717, 1.165) is 5.56 Å². The molecule has 0 saturated carbocycles. The Morgan fingerprint density at radius 3 is 2.54 bits per heavy atom. The third-order valence-corrected chi connectivity index (χ3v) is 6.34. The van der Waals surface area contributed by atoms with Crippen molar-refractivity contribution in [2.45, 2.75) is 19.0 Å². The fourth-order valence-electron chi connectivity index (χ4n) is 2.89. The quantitative estimate of drug-likeness (QED) is 0.690. The van der Waals surface area contributed by atoms with E-state index >= 15 is 0 Å². The molecule has 0 aliphatic carbocycles. The highest BCUT2D eigenvalue weighted by atomic mass is 35.5. The van der Waals surface area contributed by atoms with Crippen molar-refractivity contribution in [3.8, 4) is 0 Å². The minimum absolute atomic E-state index is 0.0481. The number of rotatable bonds is 5. The van der Waals surface area contributed by atoms with Gasteiger partial charge in [0.05, 0.1) is 11.5 Å². The lowest BCUT2D eigenvalue weighted by Crippen LogP contribution is -2.38. The van der Waals surface area contributed by atoms with E-state index in [1.807, 2.05) is 12.1 Å². The molecule has 0 spiro atoms. The standard InChI is InChI=1S/C19H20ClN3O4S/c20-15-6-4-13(5-7-15)11-21-18(24)14-2-1-3-16(10-14)22-19(25)23-17-8-9-28(26,27)12-17/h1-7,10,17H,8-9,11-12H2,(H,21,24)(H2,22,23,25)/t17-/m1/s1. The van der Waals surface area contributed by atoms with Crippen LogP contribution in [0.25, 0.3) is 0 Å². The molecular weight excluding hydrogens is 402 g/mol. The molecule has 2 aromatic rings. The SMILES string of the molecule is O=C(Nc1cccc(C(=O)NCc2ccc(Cl)cc2)c1)N[C@@H]1CCS(=O)(=O)C1. The molecule has 1 heterocycles. The van der Waals surface area contributed by atoms with Gasteiger partial charge in [0.2, 0.25) is 0 Å². The van der Waals surface area contributed by atoms with Gasteiger partial charge in [-0.3, -0.25) is 4.79 Å². The first-order valence-corrected chi connectivity index (χ1v) is 10.9. The Balaban J connectivity index is 1.54. The molecule has 148 valence electrons. The lowest BCUT2D eigenvalue weighted by molar-refractivity contribution is 0.0951. The van der Waals surface area contributed by atoms with Gasteiger partial charge in [-0.2, -0.15) is 0 Å². The molecule has 1 saturated heterocycles. The van der Waals surface area contributed by atoms with Crippen LogP contribution in [-0.4, -0.2) is 37.9 Å². The van der Waals surface area contributed by atoms with Crippen LogP contribution >= 0.6 is 11.6 Å². The first-order chi connectivity index (χ1) is 13.3. The number of benzene rings is 2. The average Bonchev–Trinajstić information content (AvgIpc) is 2.99. The van der Waals surface area contributed by atoms with Crippen molar-refractivity contribution in [1.82, 2.24) is 10.6 Å². The first kappa shape index (κ1) is 20.2. The molecule has 7 nitrogen and oxygen atoms in total. The van der Waals surface area contributed by atoms with Crippen molar-refractivity contribution >= 4 is 39.1 Å². The molecule has 9 heteroatoms. The predicted octanol–water partition coefficient (Wildman–Crippen LogP) is 2.58. The van der Waals surface area contributed by atoms with E-state index in [1.54, 1.807) is 36.4 Å². The number of sulfone groups is 1. The third kappa shape index (κ3) is 5.71. The Hall–Kier alpha value is -2.58. The molecule has 1 aliphatic heterocycles. The summed E-state index contributed by atoms with van der Waals surface area (Å²) in [6.07, 6.45) is 0.406. The van der Waals surface area contributed by atoms with Crippen LogP contribution in [0.2, 0.25) is 5.02 Å². The molecule has 0 aromatic heterocycles. The second kappa shape index (κ2) is 8.62. The van der Waals surface area contributed by atoms with Gasteiger partial charge in [0.1, 0.15) is 0 Å². The minimum atomic E-state index is -3.07. The second-order valence-electron chi connectivity index (χ2n) is 6.59. The fraction of sp³-hybridized carbons (Fsp3) is 0.263. The zero-order valence-electron chi connectivity index (χ0n) is 14.9. The molecule has 0 bridgehead atoms. The van der Waals surface area contributed by atoms with Crippen molar-refractivity contribution in [2.75, 3.05) is 16.8 Å². The van der Waals surface area contributed by atoms with Crippen molar-refractivity contribution in [3.63, 3.8) is 0 Å². The summed E-state index contributed by atoms with van der Waals surface area (Å²) in [7, 11) is -3.07. The van der Waals surface area contributed by atoms with E-state index in [4.69, 9.17) is 11.6 Å². The summed E-state index contributed by atoms with van der Waals surface area (Å²) in [5.41, 5.74) is 1.76. The van der Waals surface area contributed by atoms with Crippen LogP contribution in [0.1, 0.15) is 22.3 Å². The highest BCUT2D eigenvalue weighted by Crippen LogP contribution is 2.14. The summed E-state index contributed by atoms with van der Waals surface area (Å²) < 4.78 is 22.9. The molecule has 0 radical (unpaired) electrons. The van der Waals surface area contributed by atoms with Gasteiger partial charge in [0.25, 0.3) is 5.91 Å². The molecule has 1 fully saturated rings. The van der Waals surface area contributed by atoms with Crippen molar-refractivity contribution < 1.29 is 18.0 Å². The number of nitrogens with one attached hydrogen (secondary N) is 3. The number of anilines is 1. The van der Waals surface area contributed by atoms with Gasteiger partial charge in [-0.05, 0) is 42.3 Å². The summed E-state index contributed by atoms with van der Waals surface area (Å²) >= 11 is 5.84. The second-order valence-corrected chi connectivity index (χ2v) is 9.25. The van der Waals surface area contributed by atoms with Crippen LogP contribution in [0.3, 0.4) is 0 Å². The van der Waals surface area contributed by atoms with Crippen molar-refractivity contribution in [2.24, 2.45) is 0 Å². The minimum Gasteiger partial charge on any atom is -0.348 e. The summed E-state index contributed by atoms with van der Waals surface area (Å²) in [5.74, 6) is -0.240. The van der Waals surface area contributed by atoms with E-state index < -0.39 is 21.9 Å². The number of amides is 3. The molecule has 3 amide bonds. The first-order valence-electron chi connectivity index (χ1n) is 8.71. The van der Waals surface area contributed by atoms with Crippen LogP contribution in [0.5, 0.6) is 0 Å².